The molecule has 0 aromatic carbocycles. The summed E-state index contributed by atoms with van der Waals surface area (Å²) in [4.78, 5) is 10.0. The highest BCUT2D eigenvalue weighted by Gasteiger charge is 2.29. The SMILES string of the molecule is CCCCCCC=CP(=O)(O)C1CCCCC1. The maximum atomic E-state index is 12.1. The quantitative estimate of drug-likeness (QED) is 0.511. The van der Waals surface area contributed by atoms with Crippen LogP contribution in [0.1, 0.15) is 71.1 Å². The minimum atomic E-state index is -3.00. The van der Waals surface area contributed by atoms with Crippen molar-refractivity contribution in [2.75, 3.05) is 0 Å². The molecule has 0 radical (unpaired) electrons. The molecule has 1 rings (SSSR count). The average Bonchev–Trinajstić information content (AvgIpc) is 2.35. The summed E-state index contributed by atoms with van der Waals surface area (Å²) in [6.45, 7) is 2.20. The van der Waals surface area contributed by atoms with Gasteiger partial charge < -0.3 is 4.89 Å². The van der Waals surface area contributed by atoms with E-state index in [-0.39, 0.29) is 5.66 Å². The molecule has 2 nitrogen and oxygen atoms in total. The van der Waals surface area contributed by atoms with E-state index in [4.69, 9.17) is 0 Å². The van der Waals surface area contributed by atoms with Gasteiger partial charge in [0.25, 0.3) is 0 Å². The van der Waals surface area contributed by atoms with E-state index in [0.29, 0.717) is 0 Å². The fourth-order valence-electron chi connectivity index (χ4n) is 2.49. The smallest absolute Gasteiger partial charge is 0.225 e. The lowest BCUT2D eigenvalue weighted by Gasteiger charge is -2.24. The van der Waals surface area contributed by atoms with Gasteiger partial charge in [0, 0.05) is 5.66 Å². The first kappa shape index (κ1) is 15.0. The van der Waals surface area contributed by atoms with Gasteiger partial charge in [-0.2, -0.15) is 0 Å². The van der Waals surface area contributed by atoms with E-state index in [1.165, 1.54) is 25.7 Å². The maximum absolute atomic E-state index is 12.1. The normalized spacial score (nSPS) is 21.8. The predicted octanol–water partition coefficient (Wildman–Crippen LogP) is 5.07. The Balaban J connectivity index is 2.27. The van der Waals surface area contributed by atoms with Crippen LogP contribution in [-0.2, 0) is 4.57 Å². The summed E-state index contributed by atoms with van der Waals surface area (Å²) in [6, 6.07) is 0. The van der Waals surface area contributed by atoms with Crippen LogP contribution >= 0.6 is 7.37 Å². The van der Waals surface area contributed by atoms with Crippen molar-refractivity contribution < 1.29 is 9.46 Å². The van der Waals surface area contributed by atoms with Gasteiger partial charge in [-0.15, -0.1) is 0 Å². The van der Waals surface area contributed by atoms with Gasteiger partial charge in [-0.1, -0.05) is 51.5 Å². The van der Waals surface area contributed by atoms with Crippen LogP contribution in [0, 0.1) is 0 Å². The first-order valence-electron chi connectivity index (χ1n) is 7.16. The lowest BCUT2D eigenvalue weighted by atomic mass is 10.0. The van der Waals surface area contributed by atoms with Gasteiger partial charge in [0.2, 0.25) is 7.37 Å². The van der Waals surface area contributed by atoms with Crippen LogP contribution in [0.25, 0.3) is 0 Å². The average molecular weight is 258 g/mol. The van der Waals surface area contributed by atoms with E-state index >= 15 is 0 Å². The molecule has 0 amide bonds. The molecule has 1 atom stereocenters. The van der Waals surface area contributed by atoms with Gasteiger partial charge in [-0.3, -0.25) is 4.57 Å². The van der Waals surface area contributed by atoms with Crippen molar-refractivity contribution in [1.29, 1.82) is 0 Å². The van der Waals surface area contributed by atoms with E-state index in [9.17, 15) is 9.46 Å². The van der Waals surface area contributed by atoms with Crippen LogP contribution in [0.2, 0.25) is 0 Å². The van der Waals surface area contributed by atoms with E-state index in [2.05, 4.69) is 6.92 Å². The van der Waals surface area contributed by atoms with Gasteiger partial charge >= 0.3 is 0 Å². The zero-order chi connectivity index (χ0) is 12.6. The van der Waals surface area contributed by atoms with Gasteiger partial charge in [-0.25, -0.2) is 0 Å². The zero-order valence-electron chi connectivity index (χ0n) is 11.1. The molecular weight excluding hydrogens is 231 g/mol. The second-order valence-corrected chi connectivity index (χ2v) is 7.57. The molecule has 100 valence electrons. The molecule has 1 aliphatic rings. The number of rotatable bonds is 7. The Bertz CT molecular complexity index is 267. The highest BCUT2D eigenvalue weighted by molar-refractivity contribution is 7.62. The summed E-state index contributed by atoms with van der Waals surface area (Å²) in [5.41, 5.74) is 0.0446. The highest BCUT2D eigenvalue weighted by atomic mass is 31.2. The van der Waals surface area contributed by atoms with Crippen LogP contribution < -0.4 is 0 Å². The van der Waals surface area contributed by atoms with Crippen molar-refractivity contribution in [3.05, 3.63) is 11.9 Å². The monoisotopic (exact) mass is 258 g/mol. The Morgan fingerprint density at radius 3 is 2.53 bits per heavy atom. The summed E-state index contributed by atoms with van der Waals surface area (Å²) < 4.78 is 12.1. The van der Waals surface area contributed by atoms with Crippen molar-refractivity contribution in [1.82, 2.24) is 0 Å². The third kappa shape index (κ3) is 5.88. The summed E-state index contributed by atoms with van der Waals surface area (Å²) in [6.07, 6.45) is 13.1. The Hall–Kier alpha value is -0.0700. The van der Waals surface area contributed by atoms with Gasteiger partial charge in [0.15, 0.2) is 0 Å². The Labute approximate surface area is 106 Å². The first-order chi connectivity index (χ1) is 8.17. The van der Waals surface area contributed by atoms with Crippen molar-refractivity contribution in [3.8, 4) is 0 Å². The number of allylic oxidation sites excluding steroid dienone is 1. The minimum absolute atomic E-state index is 0.0446. The van der Waals surface area contributed by atoms with E-state index in [1.807, 2.05) is 6.08 Å². The van der Waals surface area contributed by atoms with Crippen LogP contribution in [-0.4, -0.2) is 10.6 Å². The fraction of sp³-hybridized carbons (Fsp3) is 0.857. The van der Waals surface area contributed by atoms with Gasteiger partial charge in [0.1, 0.15) is 0 Å². The largest absolute Gasteiger partial charge is 0.341 e. The summed E-state index contributed by atoms with van der Waals surface area (Å²) in [5, 5.41) is 0. The molecule has 0 spiro atoms. The number of hydrogen-bond acceptors (Lipinski definition) is 1. The molecular formula is C14H27O2P. The summed E-state index contributed by atoms with van der Waals surface area (Å²) >= 11 is 0. The van der Waals surface area contributed by atoms with Gasteiger partial charge in [-0.05, 0) is 31.5 Å². The summed E-state index contributed by atoms with van der Waals surface area (Å²) in [7, 11) is -3.00. The molecule has 17 heavy (non-hydrogen) atoms. The molecule has 1 saturated carbocycles. The van der Waals surface area contributed by atoms with Crippen LogP contribution in [0.5, 0.6) is 0 Å². The lowest BCUT2D eigenvalue weighted by Crippen LogP contribution is -2.11. The molecule has 1 N–H and O–H groups in total. The molecule has 0 aromatic rings. The lowest BCUT2D eigenvalue weighted by molar-refractivity contribution is 0.430. The first-order valence-corrected chi connectivity index (χ1v) is 8.96. The molecule has 1 unspecified atom stereocenters. The van der Waals surface area contributed by atoms with Crippen LogP contribution in [0.3, 0.4) is 0 Å². The molecule has 0 aromatic heterocycles. The van der Waals surface area contributed by atoms with Crippen molar-refractivity contribution >= 4 is 7.37 Å². The fourth-order valence-corrected chi connectivity index (χ4v) is 4.29. The number of unbranched alkanes of at least 4 members (excludes halogenated alkanes) is 4. The van der Waals surface area contributed by atoms with Crippen molar-refractivity contribution in [3.63, 3.8) is 0 Å². The molecule has 1 aliphatic carbocycles. The Morgan fingerprint density at radius 1 is 1.18 bits per heavy atom. The second kappa shape index (κ2) is 8.11. The third-order valence-corrected chi connectivity index (χ3v) is 5.84. The Kier molecular flexibility index (Phi) is 7.15. The minimum Gasteiger partial charge on any atom is -0.341 e. The zero-order valence-corrected chi connectivity index (χ0v) is 12.0. The molecule has 3 heteroatoms. The molecule has 1 fully saturated rings. The van der Waals surface area contributed by atoms with Crippen LogP contribution in [0.15, 0.2) is 11.9 Å². The predicted molar refractivity (Wildman–Crippen MR) is 74.6 cm³/mol. The maximum Gasteiger partial charge on any atom is 0.225 e. The van der Waals surface area contributed by atoms with Crippen LogP contribution in [0.4, 0.5) is 0 Å². The standard InChI is InChI=1S/C14H27O2P/c1-2-3-4-5-6-10-13-17(15,16)14-11-8-7-9-12-14/h10,13-14H,2-9,11-12H2,1H3,(H,15,16). The second-order valence-electron chi connectivity index (χ2n) is 5.20. The van der Waals surface area contributed by atoms with Crippen molar-refractivity contribution in [2.45, 2.75) is 76.8 Å². The third-order valence-electron chi connectivity index (χ3n) is 3.64. The molecule has 0 saturated heterocycles. The summed E-state index contributed by atoms with van der Waals surface area (Å²) in [5.74, 6) is 1.62. The van der Waals surface area contributed by atoms with E-state index in [0.717, 1.165) is 38.5 Å². The highest BCUT2D eigenvalue weighted by Crippen LogP contribution is 2.53. The van der Waals surface area contributed by atoms with E-state index < -0.39 is 7.37 Å². The van der Waals surface area contributed by atoms with Gasteiger partial charge in [0.05, 0.1) is 0 Å². The van der Waals surface area contributed by atoms with Crippen molar-refractivity contribution in [2.24, 2.45) is 0 Å². The molecule has 0 bridgehead atoms. The topological polar surface area (TPSA) is 37.3 Å². The number of hydrogen-bond donors (Lipinski definition) is 1. The molecule has 0 aliphatic heterocycles. The van der Waals surface area contributed by atoms with E-state index in [1.54, 1.807) is 5.82 Å². The molecule has 0 heterocycles. The Morgan fingerprint density at radius 2 is 1.88 bits per heavy atom.